The van der Waals surface area contributed by atoms with E-state index in [0.29, 0.717) is 28.9 Å². The van der Waals surface area contributed by atoms with Gasteiger partial charge in [0.2, 0.25) is 0 Å². The van der Waals surface area contributed by atoms with Gasteiger partial charge in [0.1, 0.15) is 0 Å². The number of amides is 2. The number of hydrogen-bond acceptors (Lipinski definition) is 5. The highest BCUT2D eigenvalue weighted by Gasteiger charge is 2.20. The Morgan fingerprint density at radius 2 is 1.94 bits per heavy atom. The molecule has 0 heterocycles. The van der Waals surface area contributed by atoms with E-state index >= 15 is 0 Å². The molecule has 1 aliphatic carbocycles. The smallest absolute Gasteiger partial charge is 0.259 e. The van der Waals surface area contributed by atoms with Crippen LogP contribution in [0.5, 0.6) is 11.5 Å². The van der Waals surface area contributed by atoms with Crippen molar-refractivity contribution in [3.05, 3.63) is 47.1 Å². The second kappa shape index (κ2) is 12.7. The summed E-state index contributed by atoms with van der Waals surface area (Å²) in [6.07, 6.45) is 10.6. The van der Waals surface area contributed by atoms with Gasteiger partial charge in [-0.05, 0) is 63.6 Å². The van der Waals surface area contributed by atoms with Crippen molar-refractivity contribution < 1.29 is 19.1 Å². The van der Waals surface area contributed by atoms with E-state index in [1.54, 1.807) is 18.2 Å². The Morgan fingerprint density at radius 3 is 2.59 bits per heavy atom. The van der Waals surface area contributed by atoms with Crippen molar-refractivity contribution in [2.24, 2.45) is 16.9 Å². The van der Waals surface area contributed by atoms with Crippen LogP contribution in [-0.4, -0.2) is 38.8 Å². The molecule has 7 heteroatoms. The molecule has 1 aromatic rings. The maximum Gasteiger partial charge on any atom is 0.259 e. The van der Waals surface area contributed by atoms with E-state index in [0.717, 1.165) is 25.7 Å². The average Bonchev–Trinajstić information content (AvgIpc) is 2.78. The number of hydrogen-bond donors (Lipinski definition) is 2. The Labute approximate surface area is 190 Å². The molecule has 32 heavy (non-hydrogen) atoms. The van der Waals surface area contributed by atoms with E-state index in [4.69, 9.17) is 9.47 Å². The Bertz CT molecular complexity index is 885. The topological polar surface area (TPSA) is 89.0 Å². The number of rotatable bonds is 10. The maximum absolute atomic E-state index is 12.3. The summed E-state index contributed by atoms with van der Waals surface area (Å²) in [7, 11) is 3.02. The van der Waals surface area contributed by atoms with Crippen LogP contribution in [0.3, 0.4) is 0 Å². The third-order valence-electron chi connectivity index (χ3n) is 5.52. The lowest BCUT2D eigenvalue weighted by Gasteiger charge is -2.25. The quantitative estimate of drug-likeness (QED) is 0.323. The highest BCUT2D eigenvalue weighted by molar-refractivity contribution is 5.97. The predicted molar refractivity (Wildman–Crippen MR) is 127 cm³/mol. The fourth-order valence-corrected chi connectivity index (χ4v) is 3.63. The van der Waals surface area contributed by atoms with E-state index in [1.807, 2.05) is 6.21 Å². The van der Waals surface area contributed by atoms with Crippen LogP contribution in [0.1, 0.15) is 56.8 Å². The molecule has 0 aromatic heterocycles. The van der Waals surface area contributed by atoms with Gasteiger partial charge in [-0.3, -0.25) is 9.59 Å². The number of allylic oxidation sites excluding steroid dienone is 4. The van der Waals surface area contributed by atoms with Crippen LogP contribution in [0.15, 0.2) is 46.6 Å². The molecule has 7 nitrogen and oxygen atoms in total. The molecule has 2 amide bonds. The van der Waals surface area contributed by atoms with Gasteiger partial charge in [0.25, 0.3) is 11.8 Å². The minimum Gasteiger partial charge on any atom is -0.493 e. The molecule has 1 aliphatic rings. The zero-order valence-electron chi connectivity index (χ0n) is 19.7. The minimum atomic E-state index is -0.378. The van der Waals surface area contributed by atoms with Gasteiger partial charge in [0.15, 0.2) is 11.5 Å². The molecule has 0 aliphatic heterocycles. The first-order valence-electron chi connectivity index (χ1n) is 11.0. The third kappa shape index (κ3) is 7.87. The van der Waals surface area contributed by atoms with Gasteiger partial charge in [0.05, 0.1) is 20.8 Å². The van der Waals surface area contributed by atoms with E-state index in [2.05, 4.69) is 48.8 Å². The van der Waals surface area contributed by atoms with Crippen molar-refractivity contribution >= 4 is 18.0 Å². The summed E-state index contributed by atoms with van der Waals surface area (Å²) in [6, 6.07) is 4.82. The Kier molecular flexibility index (Phi) is 9.98. The summed E-state index contributed by atoms with van der Waals surface area (Å²) in [5.74, 6) is 0.997. The van der Waals surface area contributed by atoms with Crippen molar-refractivity contribution in [3.8, 4) is 11.5 Å². The number of nitrogens with zero attached hydrogens (tertiary/aromatic N) is 1. The fraction of sp³-hybridized carbons (Fsp3) is 0.480. The largest absolute Gasteiger partial charge is 0.493 e. The highest BCUT2D eigenvalue weighted by Crippen LogP contribution is 2.30. The number of carbonyl (C=O) groups excluding carboxylic acids is 2. The summed E-state index contributed by atoms with van der Waals surface area (Å²) >= 11 is 0. The molecule has 0 radical (unpaired) electrons. The lowest BCUT2D eigenvalue weighted by Crippen LogP contribution is -2.35. The second-order valence-corrected chi connectivity index (χ2v) is 8.33. The van der Waals surface area contributed by atoms with Crippen LogP contribution in [0.4, 0.5) is 0 Å². The molecule has 0 fully saturated rings. The molecule has 174 valence electrons. The maximum atomic E-state index is 12.3. The minimum absolute atomic E-state index is 0.168. The van der Waals surface area contributed by atoms with E-state index < -0.39 is 0 Å². The molecule has 2 atom stereocenters. The van der Waals surface area contributed by atoms with Crippen molar-refractivity contribution in [3.63, 3.8) is 0 Å². The first-order chi connectivity index (χ1) is 15.3. The number of hydrazone groups is 1. The number of methoxy groups -OCH3 is 2. The standard InChI is InChI=1S/C25H35N3O4/c1-17(2)7-6-8-19-9-10-21(18(3)13-19)15-27-28-24(29)16-26-25(30)20-11-12-22(31-4)23(14-20)32-5/h7,9,11-12,14-15,18,21H,6,8,10,13,16H2,1-5H3,(H,26,30)(H,28,29)/b27-15+/t18-,21+/m0/s1. The molecular formula is C25H35N3O4. The molecule has 0 spiro atoms. The van der Waals surface area contributed by atoms with Gasteiger partial charge in [-0.2, -0.15) is 5.10 Å². The SMILES string of the molecule is COc1ccc(C(=O)NCC(=O)N/N=C/[C@H]2CC=C(CCC=C(C)C)C[C@@H]2C)cc1OC. The van der Waals surface area contributed by atoms with Crippen LogP contribution in [-0.2, 0) is 4.79 Å². The average molecular weight is 442 g/mol. The van der Waals surface area contributed by atoms with Gasteiger partial charge in [-0.1, -0.05) is 30.2 Å². The summed E-state index contributed by atoms with van der Waals surface area (Å²) in [5, 5.41) is 6.69. The normalized spacial score (nSPS) is 18.0. The molecular weight excluding hydrogens is 406 g/mol. The van der Waals surface area contributed by atoms with Gasteiger partial charge in [-0.25, -0.2) is 5.43 Å². The van der Waals surface area contributed by atoms with Gasteiger partial charge in [-0.15, -0.1) is 0 Å². The van der Waals surface area contributed by atoms with Crippen LogP contribution < -0.4 is 20.2 Å². The Morgan fingerprint density at radius 1 is 1.19 bits per heavy atom. The predicted octanol–water partition coefficient (Wildman–Crippen LogP) is 4.25. The van der Waals surface area contributed by atoms with Gasteiger partial charge < -0.3 is 14.8 Å². The summed E-state index contributed by atoms with van der Waals surface area (Å²) in [5.41, 5.74) is 5.73. The third-order valence-corrected chi connectivity index (χ3v) is 5.52. The van der Waals surface area contributed by atoms with Crippen molar-refractivity contribution in [2.45, 2.75) is 46.5 Å². The molecule has 0 saturated carbocycles. The van der Waals surface area contributed by atoms with Gasteiger partial charge in [0, 0.05) is 17.7 Å². The first kappa shape index (κ1) is 25.2. The van der Waals surface area contributed by atoms with Crippen molar-refractivity contribution in [1.82, 2.24) is 10.7 Å². The molecule has 2 rings (SSSR count). The molecule has 0 unspecified atom stereocenters. The summed E-state index contributed by atoms with van der Waals surface area (Å²) < 4.78 is 10.4. The van der Waals surface area contributed by atoms with Crippen LogP contribution in [0.2, 0.25) is 0 Å². The molecule has 0 saturated heterocycles. The zero-order valence-corrected chi connectivity index (χ0v) is 19.7. The van der Waals surface area contributed by atoms with E-state index in [9.17, 15) is 9.59 Å². The molecule has 0 bridgehead atoms. The second-order valence-electron chi connectivity index (χ2n) is 8.33. The van der Waals surface area contributed by atoms with E-state index in [1.165, 1.54) is 25.4 Å². The van der Waals surface area contributed by atoms with E-state index in [-0.39, 0.29) is 18.4 Å². The van der Waals surface area contributed by atoms with Crippen molar-refractivity contribution in [1.29, 1.82) is 0 Å². The number of ether oxygens (including phenoxy) is 2. The molecule has 1 aromatic carbocycles. The lowest BCUT2D eigenvalue weighted by atomic mass is 9.80. The van der Waals surface area contributed by atoms with Crippen LogP contribution in [0.25, 0.3) is 0 Å². The highest BCUT2D eigenvalue weighted by atomic mass is 16.5. The number of benzene rings is 1. The van der Waals surface area contributed by atoms with Gasteiger partial charge >= 0.3 is 0 Å². The summed E-state index contributed by atoms with van der Waals surface area (Å²) in [6.45, 7) is 6.30. The number of nitrogens with one attached hydrogen (secondary N) is 2. The van der Waals surface area contributed by atoms with Crippen LogP contribution in [0, 0.1) is 11.8 Å². The Balaban J connectivity index is 1.77. The Hall–Kier alpha value is -3.09. The first-order valence-corrected chi connectivity index (χ1v) is 11.0. The zero-order chi connectivity index (χ0) is 23.5. The lowest BCUT2D eigenvalue weighted by molar-refractivity contribution is -0.120. The fourth-order valence-electron chi connectivity index (χ4n) is 3.63. The molecule has 2 N–H and O–H groups in total. The summed E-state index contributed by atoms with van der Waals surface area (Å²) in [4.78, 5) is 24.3. The van der Waals surface area contributed by atoms with Crippen molar-refractivity contribution in [2.75, 3.05) is 20.8 Å². The monoisotopic (exact) mass is 441 g/mol. The number of carbonyl (C=O) groups is 2. The van der Waals surface area contributed by atoms with Crippen LogP contribution >= 0.6 is 0 Å².